The molecule has 0 amide bonds. The van der Waals surface area contributed by atoms with E-state index in [-0.39, 0.29) is 27.1 Å². The average Bonchev–Trinajstić information content (AvgIpc) is 2.58. The van der Waals surface area contributed by atoms with E-state index in [9.17, 15) is 14.4 Å². The van der Waals surface area contributed by atoms with E-state index >= 15 is 0 Å². The highest BCUT2D eigenvalue weighted by Crippen LogP contribution is 2.17. The Hall–Kier alpha value is -2.66. The lowest BCUT2D eigenvalue weighted by atomic mass is 10.1. The van der Waals surface area contributed by atoms with Gasteiger partial charge in [-0.15, -0.1) is 0 Å². The lowest BCUT2D eigenvalue weighted by Gasteiger charge is -2.03. The number of hydrogen-bond acceptors (Lipinski definition) is 3. The summed E-state index contributed by atoms with van der Waals surface area (Å²) in [6.45, 7) is -0.533. The third kappa shape index (κ3) is 2.25. The summed E-state index contributed by atoms with van der Waals surface area (Å²) in [6.07, 6.45) is 0. The van der Waals surface area contributed by atoms with Gasteiger partial charge in [0.25, 0.3) is 5.56 Å². The first kappa shape index (κ1) is 14.3. The molecule has 1 N–H and O–H groups in total. The fourth-order valence-electron chi connectivity index (χ4n) is 2.49. The van der Waals surface area contributed by atoms with Gasteiger partial charge in [-0.25, -0.2) is 0 Å². The number of hydrogen-bond donors (Lipinski definition) is 1. The summed E-state index contributed by atoms with van der Waals surface area (Å²) >= 11 is 5.94. The zero-order valence-electron chi connectivity index (χ0n) is 11.2. The average molecular weight is 316 g/mol. The Kier molecular flexibility index (Phi) is 3.42. The number of carboxylic acid groups (broad SMARTS) is 1. The molecule has 3 aromatic rings. The number of halogens is 1. The van der Waals surface area contributed by atoms with E-state index in [1.54, 1.807) is 18.2 Å². The number of fused-ring (bicyclic) bond motifs is 2. The summed E-state index contributed by atoms with van der Waals surface area (Å²) in [6, 6.07) is 10.8. The molecule has 6 heteroatoms. The Morgan fingerprint density at radius 2 is 1.73 bits per heavy atom. The maximum absolute atomic E-state index is 12.7. The molecule has 5 nitrogen and oxygen atoms in total. The minimum absolute atomic E-state index is 0.182. The fraction of sp³-hybridized carbons (Fsp3) is 0.0625. The van der Waals surface area contributed by atoms with Crippen molar-refractivity contribution in [1.29, 1.82) is 0 Å². The van der Waals surface area contributed by atoms with Crippen LogP contribution in [0.4, 0.5) is 0 Å². The van der Waals surface area contributed by atoms with Crippen molar-refractivity contribution >= 4 is 39.2 Å². The van der Waals surface area contributed by atoms with Crippen LogP contribution in [0.25, 0.3) is 21.7 Å². The number of nitrogens with zero attached hydrogens (tertiary/aromatic N) is 1. The van der Waals surface area contributed by atoms with Crippen LogP contribution in [-0.2, 0) is 11.3 Å². The maximum Gasteiger partial charge on any atom is 0.323 e. The van der Waals surface area contributed by atoms with E-state index in [2.05, 4.69) is 0 Å². The molecule has 0 saturated heterocycles. The standard InChI is InChI=1S/C16H10ClNO4/c17-9-5-6-13-12(7-9)15(21)10-3-1-2-4-11(10)16(22)18(13)8-14(19)20/h1-7H,8H2,(H,19,20). The van der Waals surface area contributed by atoms with Crippen molar-refractivity contribution in [3.8, 4) is 0 Å². The molecule has 0 aliphatic rings. The van der Waals surface area contributed by atoms with Crippen molar-refractivity contribution in [2.75, 3.05) is 0 Å². The smallest absolute Gasteiger partial charge is 0.323 e. The fourth-order valence-corrected chi connectivity index (χ4v) is 2.66. The summed E-state index contributed by atoms with van der Waals surface area (Å²) in [5.74, 6) is -1.17. The molecule has 1 heterocycles. The van der Waals surface area contributed by atoms with Crippen molar-refractivity contribution in [3.63, 3.8) is 0 Å². The number of rotatable bonds is 2. The number of carbonyl (C=O) groups is 1. The van der Waals surface area contributed by atoms with E-state index in [4.69, 9.17) is 16.7 Å². The topological polar surface area (TPSA) is 76.4 Å². The van der Waals surface area contributed by atoms with Crippen LogP contribution < -0.4 is 11.0 Å². The molecule has 0 aliphatic carbocycles. The van der Waals surface area contributed by atoms with E-state index in [1.165, 1.54) is 24.3 Å². The first-order chi connectivity index (χ1) is 10.5. The summed E-state index contributed by atoms with van der Waals surface area (Å²) in [7, 11) is 0. The van der Waals surface area contributed by atoms with Crippen molar-refractivity contribution in [2.45, 2.75) is 6.54 Å². The third-order valence-electron chi connectivity index (χ3n) is 3.43. The Bertz CT molecular complexity index is 1040. The van der Waals surface area contributed by atoms with Crippen LogP contribution in [0.15, 0.2) is 52.1 Å². The van der Waals surface area contributed by atoms with Crippen molar-refractivity contribution in [3.05, 3.63) is 68.1 Å². The predicted octanol–water partition coefficient (Wildman–Crippen LogP) is 2.25. The molecule has 0 unspecified atom stereocenters. The largest absolute Gasteiger partial charge is 0.480 e. The highest BCUT2D eigenvalue weighted by molar-refractivity contribution is 6.31. The lowest BCUT2D eigenvalue weighted by molar-refractivity contribution is -0.137. The van der Waals surface area contributed by atoms with Gasteiger partial charge in [-0.05, 0) is 24.3 Å². The van der Waals surface area contributed by atoms with Crippen LogP contribution in [0, 0.1) is 0 Å². The monoisotopic (exact) mass is 315 g/mol. The molecule has 3 rings (SSSR count). The molecule has 0 atom stereocenters. The highest BCUT2D eigenvalue weighted by Gasteiger charge is 2.13. The number of aromatic nitrogens is 1. The molecule has 0 fully saturated rings. The van der Waals surface area contributed by atoms with Gasteiger partial charge in [0.1, 0.15) is 6.54 Å². The van der Waals surface area contributed by atoms with Crippen LogP contribution in [0.5, 0.6) is 0 Å². The normalized spacial score (nSPS) is 11.0. The van der Waals surface area contributed by atoms with Gasteiger partial charge in [0.2, 0.25) is 0 Å². The molecule has 0 bridgehead atoms. The second kappa shape index (κ2) is 5.27. The minimum Gasteiger partial charge on any atom is -0.480 e. The van der Waals surface area contributed by atoms with E-state index < -0.39 is 18.1 Å². The molecular weight excluding hydrogens is 306 g/mol. The van der Waals surface area contributed by atoms with Gasteiger partial charge in [0.05, 0.1) is 10.9 Å². The summed E-state index contributed by atoms with van der Waals surface area (Å²) in [4.78, 5) is 36.4. The van der Waals surface area contributed by atoms with Gasteiger partial charge in [0, 0.05) is 15.8 Å². The third-order valence-corrected chi connectivity index (χ3v) is 3.67. The summed E-state index contributed by atoms with van der Waals surface area (Å²) in [5, 5.41) is 10.0. The lowest BCUT2D eigenvalue weighted by Crippen LogP contribution is -2.22. The summed E-state index contributed by atoms with van der Waals surface area (Å²) < 4.78 is 1.08. The molecule has 22 heavy (non-hydrogen) atoms. The Balaban J connectivity index is 2.69. The molecule has 0 radical (unpaired) electrons. The first-order valence-corrected chi connectivity index (χ1v) is 6.84. The molecule has 0 saturated carbocycles. The molecule has 110 valence electrons. The SMILES string of the molecule is O=C(O)Cn1c(=O)c2ccccc2c(=O)c2cc(Cl)ccc21. The zero-order valence-corrected chi connectivity index (χ0v) is 12.0. The minimum atomic E-state index is -1.17. The van der Waals surface area contributed by atoms with E-state index in [0.29, 0.717) is 5.02 Å². The van der Waals surface area contributed by atoms with Gasteiger partial charge in [-0.1, -0.05) is 29.8 Å². The van der Waals surface area contributed by atoms with Crippen LogP contribution >= 0.6 is 11.6 Å². The van der Waals surface area contributed by atoms with Crippen molar-refractivity contribution in [2.24, 2.45) is 0 Å². The number of aliphatic carboxylic acids is 1. The van der Waals surface area contributed by atoms with Crippen LogP contribution in [0.2, 0.25) is 5.02 Å². The van der Waals surface area contributed by atoms with Gasteiger partial charge >= 0.3 is 5.97 Å². The van der Waals surface area contributed by atoms with E-state index in [0.717, 1.165) is 4.57 Å². The second-order valence-electron chi connectivity index (χ2n) is 4.82. The van der Waals surface area contributed by atoms with Gasteiger partial charge in [-0.3, -0.25) is 19.0 Å². The van der Waals surface area contributed by atoms with Crippen LogP contribution in [0.1, 0.15) is 0 Å². The second-order valence-corrected chi connectivity index (χ2v) is 5.26. The molecule has 2 aromatic carbocycles. The van der Waals surface area contributed by atoms with Crippen molar-refractivity contribution < 1.29 is 9.90 Å². The Morgan fingerprint density at radius 3 is 2.41 bits per heavy atom. The number of benzene rings is 2. The molecular formula is C16H10ClNO4. The maximum atomic E-state index is 12.7. The highest BCUT2D eigenvalue weighted by atomic mass is 35.5. The predicted molar refractivity (Wildman–Crippen MR) is 84.6 cm³/mol. The van der Waals surface area contributed by atoms with Crippen LogP contribution in [-0.4, -0.2) is 15.6 Å². The zero-order chi connectivity index (χ0) is 15.9. The first-order valence-electron chi connectivity index (χ1n) is 6.46. The summed E-state index contributed by atoms with van der Waals surface area (Å²) in [5.41, 5.74) is -0.625. The molecule has 0 spiro atoms. The molecule has 0 aliphatic heterocycles. The van der Waals surface area contributed by atoms with Crippen molar-refractivity contribution in [1.82, 2.24) is 4.57 Å². The molecule has 1 aromatic heterocycles. The number of carboxylic acids is 1. The van der Waals surface area contributed by atoms with Gasteiger partial charge in [0.15, 0.2) is 5.43 Å². The van der Waals surface area contributed by atoms with Gasteiger partial charge in [-0.2, -0.15) is 0 Å². The Morgan fingerprint density at radius 1 is 1.05 bits per heavy atom. The quantitative estimate of drug-likeness (QED) is 0.787. The van der Waals surface area contributed by atoms with Gasteiger partial charge < -0.3 is 5.11 Å². The Labute approximate surface area is 129 Å². The van der Waals surface area contributed by atoms with Crippen LogP contribution in [0.3, 0.4) is 0 Å². The van der Waals surface area contributed by atoms with E-state index in [1.807, 2.05) is 0 Å².